The fourth-order valence-electron chi connectivity index (χ4n) is 1.97. The van der Waals surface area contributed by atoms with E-state index in [1.807, 2.05) is 0 Å². The average molecular weight is 325 g/mol. The van der Waals surface area contributed by atoms with Crippen LogP contribution in [-0.2, 0) is 9.53 Å². The van der Waals surface area contributed by atoms with Gasteiger partial charge in [-0.05, 0) is 32.9 Å². The van der Waals surface area contributed by atoms with Gasteiger partial charge in [0.1, 0.15) is 17.1 Å². The third-order valence-corrected chi connectivity index (χ3v) is 2.89. The van der Waals surface area contributed by atoms with Crippen LogP contribution in [0.3, 0.4) is 0 Å². The number of hydrogen-bond donors (Lipinski definition) is 2. The highest BCUT2D eigenvalue weighted by molar-refractivity contribution is 5.72. The Morgan fingerprint density at radius 3 is 2.35 bits per heavy atom. The topological polar surface area (TPSA) is 94.1 Å². The maximum atomic E-state index is 12.0. The smallest absolute Gasteiger partial charge is 0.408 e. The van der Waals surface area contributed by atoms with Gasteiger partial charge in [-0.15, -0.1) is 0 Å². The Bertz CT molecular complexity index is 564. The van der Waals surface area contributed by atoms with Crippen LogP contribution in [0.2, 0.25) is 0 Å². The summed E-state index contributed by atoms with van der Waals surface area (Å²) in [7, 11) is 2.98. The second kappa shape index (κ2) is 7.71. The van der Waals surface area contributed by atoms with Crippen LogP contribution >= 0.6 is 0 Å². The highest BCUT2D eigenvalue weighted by Gasteiger charge is 2.25. The molecule has 7 nitrogen and oxygen atoms in total. The Balaban J connectivity index is 3.06. The minimum absolute atomic E-state index is 0.304. The van der Waals surface area contributed by atoms with Crippen LogP contribution in [0.4, 0.5) is 4.79 Å². The average Bonchev–Trinajstić information content (AvgIpc) is 2.43. The summed E-state index contributed by atoms with van der Waals surface area (Å²) in [6, 6.07) is 4.16. The maximum Gasteiger partial charge on any atom is 0.408 e. The molecule has 1 amide bonds. The number of amides is 1. The quantitative estimate of drug-likeness (QED) is 0.835. The predicted molar refractivity (Wildman–Crippen MR) is 83.9 cm³/mol. The summed E-state index contributed by atoms with van der Waals surface area (Å²) in [5.41, 5.74) is -0.149. The molecule has 0 aliphatic carbocycles. The number of nitrogens with one attached hydrogen (secondary N) is 1. The summed E-state index contributed by atoms with van der Waals surface area (Å²) in [4.78, 5) is 23.1. The van der Waals surface area contributed by atoms with Crippen molar-refractivity contribution in [2.75, 3.05) is 14.2 Å². The van der Waals surface area contributed by atoms with Crippen LogP contribution in [0.1, 0.15) is 38.8 Å². The third kappa shape index (κ3) is 6.06. The van der Waals surface area contributed by atoms with Crippen molar-refractivity contribution in [3.8, 4) is 11.5 Å². The van der Waals surface area contributed by atoms with Crippen molar-refractivity contribution >= 4 is 12.1 Å². The van der Waals surface area contributed by atoms with Gasteiger partial charge in [0.05, 0.1) is 26.7 Å². The minimum atomic E-state index is -1.05. The van der Waals surface area contributed by atoms with Crippen LogP contribution in [0, 0.1) is 0 Å². The van der Waals surface area contributed by atoms with Crippen molar-refractivity contribution in [2.24, 2.45) is 0 Å². The Morgan fingerprint density at radius 1 is 1.22 bits per heavy atom. The number of methoxy groups -OCH3 is 2. The van der Waals surface area contributed by atoms with Crippen molar-refractivity contribution in [1.29, 1.82) is 0 Å². The largest absolute Gasteiger partial charge is 0.497 e. The molecule has 1 rings (SSSR count). The van der Waals surface area contributed by atoms with E-state index in [0.717, 1.165) is 0 Å². The number of benzene rings is 1. The molecule has 0 saturated carbocycles. The second-order valence-electron chi connectivity index (χ2n) is 5.90. The Hall–Kier alpha value is -2.44. The van der Waals surface area contributed by atoms with Gasteiger partial charge in [0, 0.05) is 11.6 Å². The van der Waals surface area contributed by atoms with E-state index in [9.17, 15) is 9.59 Å². The number of ether oxygens (including phenoxy) is 3. The molecule has 1 aromatic rings. The normalized spacial score (nSPS) is 12.2. The predicted octanol–water partition coefficient (Wildman–Crippen LogP) is 2.74. The molecule has 0 heterocycles. The van der Waals surface area contributed by atoms with E-state index in [1.165, 1.54) is 14.2 Å². The minimum Gasteiger partial charge on any atom is -0.497 e. The van der Waals surface area contributed by atoms with Crippen LogP contribution in [-0.4, -0.2) is 37.0 Å². The number of rotatable bonds is 6. The van der Waals surface area contributed by atoms with Crippen molar-refractivity contribution in [2.45, 2.75) is 38.8 Å². The molecule has 0 spiro atoms. The van der Waals surface area contributed by atoms with E-state index in [-0.39, 0.29) is 6.42 Å². The molecule has 0 unspecified atom stereocenters. The van der Waals surface area contributed by atoms with Crippen molar-refractivity contribution in [1.82, 2.24) is 5.32 Å². The molecule has 0 fully saturated rings. The van der Waals surface area contributed by atoms with Gasteiger partial charge >= 0.3 is 12.1 Å². The first-order valence-corrected chi connectivity index (χ1v) is 7.09. The molecule has 1 aromatic carbocycles. The van der Waals surface area contributed by atoms with Crippen LogP contribution < -0.4 is 14.8 Å². The molecule has 128 valence electrons. The summed E-state index contributed by atoms with van der Waals surface area (Å²) in [6.45, 7) is 5.19. The molecule has 0 bridgehead atoms. The maximum absolute atomic E-state index is 12.0. The van der Waals surface area contributed by atoms with Crippen LogP contribution in [0.15, 0.2) is 18.2 Å². The summed E-state index contributed by atoms with van der Waals surface area (Å²) in [5.74, 6) is -0.0625. The lowest BCUT2D eigenvalue weighted by Crippen LogP contribution is -2.36. The first-order chi connectivity index (χ1) is 10.7. The molecule has 2 N–H and O–H groups in total. The number of carboxylic acids is 1. The van der Waals surface area contributed by atoms with Crippen LogP contribution in [0.25, 0.3) is 0 Å². The Kier molecular flexibility index (Phi) is 6.24. The van der Waals surface area contributed by atoms with E-state index in [4.69, 9.17) is 19.3 Å². The van der Waals surface area contributed by atoms with Gasteiger partial charge in [-0.25, -0.2) is 4.79 Å². The molecule has 0 aromatic heterocycles. The first-order valence-electron chi connectivity index (χ1n) is 7.09. The molecule has 0 aliphatic heterocycles. The van der Waals surface area contributed by atoms with Gasteiger partial charge in [-0.3, -0.25) is 4.79 Å². The highest BCUT2D eigenvalue weighted by Crippen LogP contribution is 2.31. The zero-order chi connectivity index (χ0) is 17.6. The van der Waals surface area contributed by atoms with Gasteiger partial charge in [0.25, 0.3) is 0 Å². The molecule has 0 aliphatic rings. The lowest BCUT2D eigenvalue weighted by atomic mass is 10.0. The zero-order valence-corrected chi connectivity index (χ0v) is 14.0. The van der Waals surface area contributed by atoms with Crippen molar-refractivity contribution in [3.05, 3.63) is 23.8 Å². The lowest BCUT2D eigenvalue weighted by Gasteiger charge is -2.24. The molecule has 7 heteroatoms. The molecule has 0 saturated heterocycles. The number of carboxylic acid groups (broad SMARTS) is 1. The number of aliphatic carboxylic acids is 1. The van der Waals surface area contributed by atoms with E-state index in [0.29, 0.717) is 17.1 Å². The number of alkyl carbamates (subject to hydrolysis) is 1. The van der Waals surface area contributed by atoms with Crippen LogP contribution in [0.5, 0.6) is 11.5 Å². The number of hydrogen-bond acceptors (Lipinski definition) is 5. The summed E-state index contributed by atoms with van der Waals surface area (Å²) >= 11 is 0. The van der Waals surface area contributed by atoms with Crippen molar-refractivity contribution < 1.29 is 28.9 Å². The molecular formula is C16H23NO6. The highest BCUT2D eigenvalue weighted by atomic mass is 16.6. The summed E-state index contributed by atoms with van der Waals surface area (Å²) < 4.78 is 15.6. The number of carbonyl (C=O) groups is 2. The SMILES string of the molecule is COc1ccc([C@H](CC(=O)O)NC(=O)OC(C)(C)C)c(OC)c1. The Morgan fingerprint density at radius 2 is 1.87 bits per heavy atom. The Labute approximate surface area is 135 Å². The van der Waals surface area contributed by atoms with Gasteiger partial charge in [0.2, 0.25) is 0 Å². The van der Waals surface area contributed by atoms with Crippen molar-refractivity contribution in [3.63, 3.8) is 0 Å². The summed E-state index contributed by atoms with van der Waals surface area (Å²) in [5, 5.41) is 11.7. The summed E-state index contributed by atoms with van der Waals surface area (Å²) in [6.07, 6.45) is -0.997. The molecule has 1 atom stereocenters. The van der Waals surface area contributed by atoms with Gasteiger partial charge in [-0.2, -0.15) is 0 Å². The van der Waals surface area contributed by atoms with E-state index >= 15 is 0 Å². The van der Waals surface area contributed by atoms with Gasteiger partial charge in [0.15, 0.2) is 0 Å². The fraction of sp³-hybridized carbons (Fsp3) is 0.500. The molecular weight excluding hydrogens is 302 g/mol. The zero-order valence-electron chi connectivity index (χ0n) is 14.0. The number of carbonyl (C=O) groups excluding carboxylic acids is 1. The third-order valence-electron chi connectivity index (χ3n) is 2.89. The second-order valence-corrected chi connectivity index (χ2v) is 5.90. The molecule has 0 radical (unpaired) electrons. The van der Waals surface area contributed by atoms with E-state index in [2.05, 4.69) is 5.32 Å². The van der Waals surface area contributed by atoms with Gasteiger partial charge in [-0.1, -0.05) is 0 Å². The standard InChI is InChI=1S/C16H23NO6/c1-16(2,3)23-15(20)17-12(9-14(18)19)11-7-6-10(21-4)8-13(11)22-5/h6-8,12H,9H2,1-5H3,(H,17,20)(H,18,19)/t12-/m0/s1. The van der Waals surface area contributed by atoms with Gasteiger partial charge < -0.3 is 24.6 Å². The monoisotopic (exact) mass is 325 g/mol. The molecule has 23 heavy (non-hydrogen) atoms. The van der Waals surface area contributed by atoms with E-state index < -0.39 is 23.7 Å². The lowest BCUT2D eigenvalue weighted by molar-refractivity contribution is -0.137. The van der Waals surface area contributed by atoms with E-state index in [1.54, 1.807) is 39.0 Å². The first kappa shape index (κ1) is 18.6. The fourth-order valence-corrected chi connectivity index (χ4v) is 1.97.